The van der Waals surface area contributed by atoms with Gasteiger partial charge in [0.2, 0.25) is 5.91 Å². The van der Waals surface area contributed by atoms with Crippen molar-refractivity contribution in [3.63, 3.8) is 0 Å². The molecule has 2 aliphatic heterocycles. The highest BCUT2D eigenvalue weighted by molar-refractivity contribution is 5.80. The number of carbonyl (C=O) groups is 1. The van der Waals surface area contributed by atoms with Crippen LogP contribution in [0.4, 0.5) is 11.6 Å². The number of hydrogen-bond acceptors (Lipinski definition) is 7. The topological polar surface area (TPSA) is 79.1 Å². The largest absolute Gasteiger partial charge is 0.494 e. The van der Waals surface area contributed by atoms with Gasteiger partial charge in [0.15, 0.2) is 5.82 Å². The smallest absolute Gasteiger partial charge is 0.225 e. The summed E-state index contributed by atoms with van der Waals surface area (Å²) in [6.45, 7) is 7.67. The van der Waals surface area contributed by atoms with Crippen molar-refractivity contribution in [3.05, 3.63) is 67.1 Å². The number of benzene rings is 1. The molecule has 0 bridgehead atoms. The van der Waals surface area contributed by atoms with Gasteiger partial charge < -0.3 is 19.4 Å². The molecule has 0 radical (unpaired) electrons. The number of unbranched alkanes of at least 4 members (excludes halogenated alkanes) is 1. The molecule has 2 saturated heterocycles. The summed E-state index contributed by atoms with van der Waals surface area (Å²) < 4.78 is 7.71. The van der Waals surface area contributed by atoms with E-state index < -0.39 is 0 Å². The molecule has 0 unspecified atom stereocenters. The third-order valence-electron chi connectivity index (χ3n) is 7.99. The Bertz CT molecular complexity index is 1410. The van der Waals surface area contributed by atoms with E-state index in [2.05, 4.69) is 39.9 Å². The van der Waals surface area contributed by atoms with Crippen LogP contribution in [0.15, 0.2) is 67.1 Å². The molecule has 9 heteroatoms. The first-order valence-corrected chi connectivity index (χ1v) is 14.5. The average Bonchev–Trinajstić information content (AvgIpc) is 3.47. The molecule has 5 heterocycles. The molecule has 208 valence electrons. The van der Waals surface area contributed by atoms with Crippen LogP contribution in [0.2, 0.25) is 0 Å². The lowest BCUT2D eigenvalue weighted by atomic mass is 9.95. The van der Waals surface area contributed by atoms with Gasteiger partial charge in [-0.05, 0) is 61.7 Å². The number of piperazine rings is 1. The number of nitrogens with zero attached hydrogens (tertiary/aromatic N) is 7. The van der Waals surface area contributed by atoms with Crippen molar-refractivity contribution in [1.29, 1.82) is 0 Å². The fourth-order valence-corrected chi connectivity index (χ4v) is 5.64. The molecular weight excluding hydrogens is 502 g/mol. The van der Waals surface area contributed by atoms with Gasteiger partial charge in [-0.1, -0.05) is 19.4 Å². The lowest BCUT2D eigenvalue weighted by molar-refractivity contribution is -0.136. The van der Waals surface area contributed by atoms with Crippen molar-refractivity contribution in [1.82, 2.24) is 24.5 Å². The second-order valence-electron chi connectivity index (χ2n) is 10.6. The highest BCUT2D eigenvalue weighted by Gasteiger charge is 2.31. The summed E-state index contributed by atoms with van der Waals surface area (Å²) in [6, 6.07) is 16.2. The van der Waals surface area contributed by atoms with Crippen molar-refractivity contribution in [2.45, 2.75) is 32.6 Å². The predicted octanol–water partition coefficient (Wildman–Crippen LogP) is 4.54. The fourth-order valence-electron chi connectivity index (χ4n) is 5.64. The van der Waals surface area contributed by atoms with E-state index >= 15 is 0 Å². The molecule has 2 fully saturated rings. The molecule has 40 heavy (non-hydrogen) atoms. The fraction of sp³-hybridized carbons (Fsp3) is 0.419. The zero-order valence-electron chi connectivity index (χ0n) is 23.2. The van der Waals surface area contributed by atoms with Gasteiger partial charge in [0.1, 0.15) is 17.1 Å². The molecule has 0 atom stereocenters. The lowest BCUT2D eigenvalue weighted by Crippen LogP contribution is -2.52. The first kappa shape index (κ1) is 26.1. The average molecular weight is 540 g/mol. The number of rotatable bonds is 8. The van der Waals surface area contributed by atoms with Gasteiger partial charge in [-0.3, -0.25) is 4.79 Å². The van der Waals surface area contributed by atoms with E-state index in [0.717, 1.165) is 106 Å². The molecule has 4 aromatic rings. The van der Waals surface area contributed by atoms with Gasteiger partial charge in [-0.2, -0.15) is 5.10 Å². The number of ether oxygens (including phenoxy) is 1. The number of pyridine rings is 1. The Kier molecular flexibility index (Phi) is 7.79. The van der Waals surface area contributed by atoms with Crippen LogP contribution in [0.25, 0.3) is 16.8 Å². The highest BCUT2D eigenvalue weighted by atomic mass is 16.5. The molecule has 3 aromatic heterocycles. The van der Waals surface area contributed by atoms with E-state index in [1.165, 1.54) is 0 Å². The zero-order chi connectivity index (χ0) is 27.3. The molecule has 0 spiro atoms. The van der Waals surface area contributed by atoms with Crippen LogP contribution in [0, 0.1) is 5.92 Å². The molecule has 1 amide bonds. The van der Waals surface area contributed by atoms with Gasteiger partial charge in [0, 0.05) is 69.3 Å². The van der Waals surface area contributed by atoms with Crippen molar-refractivity contribution in [3.8, 4) is 17.0 Å². The number of piperidine rings is 1. The normalized spacial score (nSPS) is 16.5. The number of amides is 1. The number of aromatic nitrogens is 4. The minimum absolute atomic E-state index is 0.0657. The van der Waals surface area contributed by atoms with Gasteiger partial charge in [-0.15, -0.1) is 0 Å². The second-order valence-corrected chi connectivity index (χ2v) is 10.6. The van der Waals surface area contributed by atoms with Crippen LogP contribution >= 0.6 is 0 Å². The quantitative estimate of drug-likeness (QED) is 0.304. The van der Waals surface area contributed by atoms with Crippen LogP contribution in [0.5, 0.6) is 5.75 Å². The third kappa shape index (κ3) is 5.59. The molecule has 1 aromatic carbocycles. The molecule has 0 aliphatic carbocycles. The Balaban J connectivity index is 1.07. The maximum Gasteiger partial charge on any atom is 0.225 e. The van der Waals surface area contributed by atoms with Gasteiger partial charge in [-0.25, -0.2) is 14.5 Å². The summed E-state index contributed by atoms with van der Waals surface area (Å²) in [7, 11) is 0. The molecule has 9 nitrogen and oxygen atoms in total. The van der Waals surface area contributed by atoms with Crippen molar-refractivity contribution in [2.75, 3.05) is 55.7 Å². The Morgan fingerprint density at radius 3 is 2.45 bits per heavy atom. The maximum atomic E-state index is 13.3. The first-order valence-electron chi connectivity index (χ1n) is 14.5. The minimum atomic E-state index is 0.0657. The summed E-state index contributed by atoms with van der Waals surface area (Å²) >= 11 is 0. The SMILES string of the molecule is CCCCOc1ccc(-c2cc3c(N4CCC(C(=O)N5CCN(c6ccccn6)CC5)CC4)nccn3n2)cc1. The molecule has 0 N–H and O–H groups in total. The Labute approximate surface area is 235 Å². The third-order valence-corrected chi connectivity index (χ3v) is 7.99. The van der Waals surface area contributed by atoms with E-state index in [1.807, 2.05) is 58.3 Å². The van der Waals surface area contributed by atoms with E-state index in [0.29, 0.717) is 5.91 Å². The van der Waals surface area contributed by atoms with E-state index in [9.17, 15) is 4.79 Å². The van der Waals surface area contributed by atoms with Crippen LogP contribution in [-0.2, 0) is 4.79 Å². The van der Waals surface area contributed by atoms with Gasteiger partial charge in [0.05, 0.1) is 12.3 Å². The Morgan fingerprint density at radius 2 is 1.73 bits per heavy atom. The number of fused-ring (bicyclic) bond motifs is 1. The van der Waals surface area contributed by atoms with Crippen LogP contribution in [-0.4, -0.2) is 76.3 Å². The van der Waals surface area contributed by atoms with E-state index in [4.69, 9.17) is 14.8 Å². The van der Waals surface area contributed by atoms with Crippen molar-refractivity contribution in [2.24, 2.45) is 5.92 Å². The lowest BCUT2D eigenvalue weighted by Gasteiger charge is -2.39. The summed E-state index contributed by atoms with van der Waals surface area (Å²) in [4.78, 5) is 29.1. The minimum Gasteiger partial charge on any atom is -0.494 e. The number of anilines is 2. The van der Waals surface area contributed by atoms with Gasteiger partial charge >= 0.3 is 0 Å². The number of hydrogen-bond donors (Lipinski definition) is 0. The molecule has 6 rings (SSSR count). The first-order chi connectivity index (χ1) is 19.7. The molecule has 0 saturated carbocycles. The van der Waals surface area contributed by atoms with Crippen molar-refractivity contribution < 1.29 is 9.53 Å². The summed E-state index contributed by atoms with van der Waals surface area (Å²) in [6.07, 6.45) is 9.37. The summed E-state index contributed by atoms with van der Waals surface area (Å²) in [5.41, 5.74) is 2.94. The van der Waals surface area contributed by atoms with Crippen LogP contribution in [0.1, 0.15) is 32.6 Å². The highest BCUT2D eigenvalue weighted by Crippen LogP contribution is 2.30. The molecule has 2 aliphatic rings. The molecular formula is C31H37N7O2. The van der Waals surface area contributed by atoms with Crippen molar-refractivity contribution >= 4 is 23.1 Å². The zero-order valence-corrected chi connectivity index (χ0v) is 23.2. The second kappa shape index (κ2) is 11.9. The summed E-state index contributed by atoms with van der Waals surface area (Å²) in [5.74, 6) is 3.16. The van der Waals surface area contributed by atoms with Gasteiger partial charge in [0.25, 0.3) is 0 Å². The standard InChI is InChI=1S/C31H37N7O2/c1-2-3-22-40-26-9-7-24(8-10-26)27-23-28-30(33-14-17-38(28)34-27)36-15-11-25(12-16-36)31(39)37-20-18-35(19-21-37)29-6-4-5-13-32-29/h4-10,13-14,17,23,25H,2-3,11-12,15-16,18-22H2,1H3. The van der Waals surface area contributed by atoms with E-state index in [1.54, 1.807) is 0 Å². The Morgan fingerprint density at radius 1 is 0.925 bits per heavy atom. The Hall–Kier alpha value is -4.14. The predicted molar refractivity (Wildman–Crippen MR) is 157 cm³/mol. The maximum absolute atomic E-state index is 13.3. The van der Waals surface area contributed by atoms with Crippen LogP contribution < -0.4 is 14.5 Å². The number of carbonyl (C=O) groups excluding carboxylic acids is 1. The summed E-state index contributed by atoms with van der Waals surface area (Å²) in [5, 5.41) is 4.82. The monoisotopic (exact) mass is 539 g/mol. The van der Waals surface area contributed by atoms with Crippen LogP contribution in [0.3, 0.4) is 0 Å². The van der Waals surface area contributed by atoms with E-state index in [-0.39, 0.29) is 5.92 Å².